The zero-order valence-electron chi connectivity index (χ0n) is 11.0. The van der Waals surface area contributed by atoms with Gasteiger partial charge >= 0.3 is 0 Å². The van der Waals surface area contributed by atoms with Crippen molar-refractivity contribution in [2.45, 2.75) is 27.2 Å². The first kappa shape index (κ1) is 13.8. The van der Waals surface area contributed by atoms with Crippen molar-refractivity contribution in [3.05, 3.63) is 17.8 Å². The second-order valence-corrected chi connectivity index (χ2v) is 4.70. The minimum absolute atomic E-state index is 0.595. The zero-order chi connectivity index (χ0) is 12.7. The summed E-state index contributed by atoms with van der Waals surface area (Å²) in [5.74, 6) is 1.36. The topological polar surface area (TPSA) is 60.2 Å². The average Bonchev–Trinajstić information content (AvgIpc) is 2.25. The highest BCUT2D eigenvalue weighted by molar-refractivity contribution is 5.61. The fraction of sp³-hybridized carbons (Fsp3) is 0.615. The number of aryl methyl sites for hydroxylation is 1. The number of nitrogens with one attached hydrogen (secondary N) is 1. The lowest BCUT2D eigenvalue weighted by Gasteiger charge is -2.09. The monoisotopic (exact) mass is 237 g/mol. The molecule has 0 unspecified atom stereocenters. The van der Waals surface area contributed by atoms with E-state index in [1.165, 1.54) is 0 Å². The van der Waals surface area contributed by atoms with Crippen molar-refractivity contribution < 1.29 is 4.74 Å². The minimum Gasteiger partial charge on any atom is -0.396 e. The molecule has 4 nitrogen and oxygen atoms in total. The Labute approximate surface area is 104 Å². The van der Waals surface area contributed by atoms with Gasteiger partial charge in [-0.05, 0) is 30.9 Å². The van der Waals surface area contributed by atoms with Crippen LogP contribution in [0.3, 0.4) is 0 Å². The van der Waals surface area contributed by atoms with E-state index in [2.05, 4.69) is 24.1 Å². The van der Waals surface area contributed by atoms with E-state index >= 15 is 0 Å². The molecule has 0 amide bonds. The van der Waals surface area contributed by atoms with Gasteiger partial charge in [-0.15, -0.1) is 0 Å². The van der Waals surface area contributed by atoms with E-state index < -0.39 is 0 Å². The van der Waals surface area contributed by atoms with Crippen LogP contribution in [0.5, 0.6) is 0 Å². The number of hydrogen-bond donors (Lipinski definition) is 2. The molecular formula is C13H23N3O. The summed E-state index contributed by atoms with van der Waals surface area (Å²) < 4.78 is 5.49. The summed E-state index contributed by atoms with van der Waals surface area (Å²) in [5.41, 5.74) is 7.62. The van der Waals surface area contributed by atoms with Crippen molar-refractivity contribution >= 4 is 11.5 Å². The van der Waals surface area contributed by atoms with Gasteiger partial charge in [0, 0.05) is 26.0 Å². The van der Waals surface area contributed by atoms with Crippen molar-refractivity contribution in [3.8, 4) is 0 Å². The van der Waals surface area contributed by atoms with Crippen LogP contribution >= 0.6 is 0 Å². The maximum atomic E-state index is 5.85. The van der Waals surface area contributed by atoms with Gasteiger partial charge in [0.25, 0.3) is 0 Å². The number of nitrogens with two attached hydrogens (primary N) is 1. The van der Waals surface area contributed by atoms with Crippen LogP contribution in [0.2, 0.25) is 0 Å². The first-order chi connectivity index (χ1) is 8.09. The predicted molar refractivity (Wildman–Crippen MR) is 72.2 cm³/mol. The first-order valence-electron chi connectivity index (χ1n) is 6.13. The summed E-state index contributed by atoms with van der Waals surface area (Å²) in [6, 6.07) is 1.92. The van der Waals surface area contributed by atoms with Crippen LogP contribution in [0.1, 0.15) is 25.8 Å². The first-order valence-corrected chi connectivity index (χ1v) is 6.13. The van der Waals surface area contributed by atoms with E-state index in [0.717, 1.165) is 37.6 Å². The zero-order valence-corrected chi connectivity index (χ0v) is 11.0. The second kappa shape index (κ2) is 7.12. The summed E-state index contributed by atoms with van der Waals surface area (Å²) in [6.45, 7) is 8.71. The molecule has 4 heteroatoms. The smallest absolute Gasteiger partial charge is 0.149 e. The summed E-state index contributed by atoms with van der Waals surface area (Å²) in [5, 5.41) is 3.21. The molecule has 17 heavy (non-hydrogen) atoms. The van der Waals surface area contributed by atoms with E-state index in [-0.39, 0.29) is 0 Å². The van der Waals surface area contributed by atoms with Gasteiger partial charge in [-0.2, -0.15) is 0 Å². The highest BCUT2D eigenvalue weighted by Gasteiger charge is 2.00. The third-order valence-electron chi connectivity index (χ3n) is 2.26. The molecule has 1 rings (SSSR count). The van der Waals surface area contributed by atoms with E-state index in [4.69, 9.17) is 10.5 Å². The Kier molecular flexibility index (Phi) is 5.77. The molecule has 0 radical (unpaired) electrons. The molecule has 0 saturated heterocycles. The Morgan fingerprint density at radius 2 is 2.24 bits per heavy atom. The van der Waals surface area contributed by atoms with Gasteiger partial charge in [-0.1, -0.05) is 13.8 Å². The molecule has 96 valence electrons. The van der Waals surface area contributed by atoms with Crippen molar-refractivity contribution in [2.24, 2.45) is 5.92 Å². The second-order valence-electron chi connectivity index (χ2n) is 4.70. The molecule has 0 saturated carbocycles. The van der Waals surface area contributed by atoms with Crippen LogP contribution in [0.4, 0.5) is 11.5 Å². The van der Waals surface area contributed by atoms with Gasteiger partial charge in [0.05, 0.1) is 5.69 Å². The molecular weight excluding hydrogens is 214 g/mol. The quantitative estimate of drug-likeness (QED) is 0.715. The number of hydrogen-bond acceptors (Lipinski definition) is 4. The number of aromatic nitrogens is 1. The lowest BCUT2D eigenvalue weighted by Crippen LogP contribution is -2.10. The van der Waals surface area contributed by atoms with Crippen molar-refractivity contribution in [2.75, 3.05) is 30.8 Å². The van der Waals surface area contributed by atoms with Gasteiger partial charge in [-0.25, -0.2) is 4.98 Å². The third-order valence-corrected chi connectivity index (χ3v) is 2.26. The molecule has 0 aliphatic rings. The molecule has 3 N–H and O–H groups in total. The molecule has 1 aromatic heterocycles. The SMILES string of the molecule is Cc1cnc(NCCCOCC(C)C)c(N)c1. The molecule has 0 bridgehead atoms. The van der Waals surface area contributed by atoms with Gasteiger partial charge in [0.15, 0.2) is 0 Å². The van der Waals surface area contributed by atoms with Crippen LogP contribution in [-0.2, 0) is 4.74 Å². The minimum atomic E-state index is 0.595. The number of pyridine rings is 1. The molecule has 1 aromatic rings. The molecule has 0 aromatic carbocycles. The summed E-state index contributed by atoms with van der Waals surface area (Å²) >= 11 is 0. The lowest BCUT2D eigenvalue weighted by molar-refractivity contribution is 0.110. The Balaban J connectivity index is 2.18. The molecule has 0 aliphatic carbocycles. The number of rotatable bonds is 7. The van der Waals surface area contributed by atoms with Crippen LogP contribution in [0.15, 0.2) is 12.3 Å². The normalized spacial score (nSPS) is 10.8. The fourth-order valence-electron chi connectivity index (χ4n) is 1.44. The molecule has 0 spiro atoms. The van der Waals surface area contributed by atoms with Crippen molar-refractivity contribution in [1.82, 2.24) is 4.98 Å². The van der Waals surface area contributed by atoms with E-state index in [0.29, 0.717) is 11.6 Å². The van der Waals surface area contributed by atoms with E-state index in [9.17, 15) is 0 Å². The summed E-state index contributed by atoms with van der Waals surface area (Å²) in [4.78, 5) is 4.25. The van der Waals surface area contributed by atoms with Crippen LogP contribution in [0.25, 0.3) is 0 Å². The lowest BCUT2D eigenvalue weighted by atomic mass is 10.2. The maximum Gasteiger partial charge on any atom is 0.149 e. The Morgan fingerprint density at radius 3 is 2.88 bits per heavy atom. The molecule has 0 atom stereocenters. The van der Waals surface area contributed by atoms with Crippen LogP contribution < -0.4 is 11.1 Å². The summed E-state index contributed by atoms with van der Waals surface area (Å²) in [6.07, 6.45) is 2.77. The number of nitrogens with zero attached hydrogens (tertiary/aromatic N) is 1. The van der Waals surface area contributed by atoms with Gasteiger partial charge in [0.2, 0.25) is 0 Å². The number of nitrogen functional groups attached to an aromatic ring is 1. The molecule has 0 fully saturated rings. The van der Waals surface area contributed by atoms with Crippen molar-refractivity contribution in [1.29, 1.82) is 0 Å². The highest BCUT2D eigenvalue weighted by Crippen LogP contribution is 2.15. The van der Waals surface area contributed by atoms with Crippen molar-refractivity contribution in [3.63, 3.8) is 0 Å². The van der Waals surface area contributed by atoms with Gasteiger partial charge < -0.3 is 15.8 Å². The Morgan fingerprint density at radius 1 is 1.47 bits per heavy atom. The number of ether oxygens (including phenoxy) is 1. The Hall–Kier alpha value is -1.29. The Bertz CT molecular complexity index is 339. The van der Waals surface area contributed by atoms with E-state index in [1.807, 2.05) is 19.2 Å². The fourth-order valence-corrected chi connectivity index (χ4v) is 1.44. The molecule has 1 heterocycles. The summed E-state index contributed by atoms with van der Waals surface area (Å²) in [7, 11) is 0. The van der Waals surface area contributed by atoms with Crippen LogP contribution in [-0.4, -0.2) is 24.7 Å². The van der Waals surface area contributed by atoms with Gasteiger partial charge in [-0.3, -0.25) is 0 Å². The average molecular weight is 237 g/mol. The highest BCUT2D eigenvalue weighted by atomic mass is 16.5. The molecule has 0 aliphatic heterocycles. The third kappa shape index (κ3) is 5.54. The van der Waals surface area contributed by atoms with Gasteiger partial charge in [0.1, 0.15) is 5.82 Å². The number of anilines is 2. The standard InChI is InChI=1S/C13H23N3O/c1-10(2)9-17-6-4-5-15-13-12(14)7-11(3)8-16-13/h7-8,10H,4-6,9,14H2,1-3H3,(H,15,16). The van der Waals surface area contributed by atoms with Crippen LogP contribution in [0, 0.1) is 12.8 Å². The predicted octanol–water partition coefficient (Wildman–Crippen LogP) is 2.45. The largest absolute Gasteiger partial charge is 0.396 e. The van der Waals surface area contributed by atoms with E-state index in [1.54, 1.807) is 0 Å². The maximum absolute atomic E-state index is 5.85.